The molecule has 1 aliphatic rings. The van der Waals surface area contributed by atoms with Crippen molar-refractivity contribution in [3.63, 3.8) is 0 Å². The van der Waals surface area contributed by atoms with Gasteiger partial charge in [0.2, 0.25) is 0 Å². The molecule has 1 aromatic rings. The van der Waals surface area contributed by atoms with Crippen LogP contribution in [0.3, 0.4) is 0 Å². The number of fused-ring (bicyclic) bond motifs is 1. The minimum absolute atomic E-state index is 0. The first-order chi connectivity index (χ1) is 6.25. The van der Waals surface area contributed by atoms with Gasteiger partial charge in [-0.3, -0.25) is 9.59 Å². The molecule has 1 aliphatic heterocycles. The van der Waals surface area contributed by atoms with Crippen LogP contribution in [0.1, 0.15) is 20.7 Å². The smallest absolute Gasteiger partial charge is 0.669 e. The Morgan fingerprint density at radius 2 is 1.50 bits per heavy atom. The van der Waals surface area contributed by atoms with Gasteiger partial charge in [0.25, 0.3) is 11.8 Å². The molecular weight excluding hydrogens is 230 g/mol. The van der Waals surface area contributed by atoms with Gasteiger partial charge in [0.15, 0.2) is 0 Å². The molecule has 2 rings (SSSR count). The predicted octanol–water partition coefficient (Wildman–Crippen LogP) is 0.827. The minimum atomic E-state index is -0.476. The third-order valence-corrected chi connectivity index (χ3v) is 1.91. The molecule has 0 atom stereocenters. The quantitative estimate of drug-likeness (QED) is 0.288. The molecule has 0 saturated heterocycles. The van der Waals surface area contributed by atoms with Crippen molar-refractivity contribution >= 4 is 11.8 Å². The average molecular weight is 234 g/mol. The van der Waals surface area contributed by atoms with Crippen LogP contribution in [0.2, 0.25) is 0 Å². The van der Waals surface area contributed by atoms with Gasteiger partial charge < -0.3 is 6.42 Å². The van der Waals surface area contributed by atoms with Crippen molar-refractivity contribution in [3.05, 3.63) is 41.8 Å². The van der Waals surface area contributed by atoms with Crippen molar-refractivity contribution in [2.45, 2.75) is 0 Å². The van der Waals surface area contributed by atoms with E-state index in [-0.39, 0.29) is 17.1 Å². The SMILES string of the molecule is [C-]#CN1C(=O)c2ccccc2C1=O.[Cu+]. The van der Waals surface area contributed by atoms with Gasteiger partial charge in [-0.05, 0) is 12.1 Å². The van der Waals surface area contributed by atoms with Gasteiger partial charge in [0.1, 0.15) is 0 Å². The van der Waals surface area contributed by atoms with Crippen LogP contribution in [-0.2, 0) is 17.1 Å². The average Bonchev–Trinajstić information content (AvgIpc) is 2.41. The van der Waals surface area contributed by atoms with Gasteiger partial charge in [-0.15, -0.1) is 0 Å². The van der Waals surface area contributed by atoms with Gasteiger partial charge in [-0.25, -0.2) is 10.9 Å². The molecule has 0 radical (unpaired) electrons. The van der Waals surface area contributed by atoms with Crippen LogP contribution in [0.25, 0.3) is 0 Å². The van der Waals surface area contributed by atoms with Crippen LogP contribution in [0.4, 0.5) is 0 Å². The third-order valence-electron chi connectivity index (χ3n) is 1.91. The summed E-state index contributed by atoms with van der Waals surface area (Å²) in [5.74, 6) is -0.953. The van der Waals surface area contributed by atoms with E-state index in [1.54, 1.807) is 30.3 Å². The normalized spacial score (nSPS) is 13.2. The maximum Gasteiger partial charge on any atom is 1.00 e. The van der Waals surface area contributed by atoms with Gasteiger partial charge in [-0.2, -0.15) is 0 Å². The summed E-state index contributed by atoms with van der Waals surface area (Å²) < 4.78 is 0. The monoisotopic (exact) mass is 233 g/mol. The van der Waals surface area contributed by atoms with Crippen LogP contribution >= 0.6 is 0 Å². The Hall–Kier alpha value is -1.56. The largest absolute Gasteiger partial charge is 1.00 e. The van der Waals surface area contributed by atoms with Crippen molar-refractivity contribution in [3.8, 4) is 6.04 Å². The summed E-state index contributed by atoms with van der Waals surface area (Å²) in [6, 6.07) is 8.28. The molecule has 72 valence electrons. The molecule has 1 heterocycles. The summed E-state index contributed by atoms with van der Waals surface area (Å²) >= 11 is 0. The number of amides is 2. The molecule has 0 bridgehead atoms. The van der Waals surface area contributed by atoms with E-state index < -0.39 is 11.8 Å². The van der Waals surface area contributed by atoms with Crippen molar-refractivity contribution in [1.29, 1.82) is 0 Å². The molecule has 3 nitrogen and oxygen atoms in total. The topological polar surface area (TPSA) is 37.4 Å². The number of carbonyl (C=O) groups is 2. The van der Waals surface area contributed by atoms with E-state index in [2.05, 4.69) is 0 Å². The molecule has 2 amide bonds. The van der Waals surface area contributed by atoms with E-state index >= 15 is 0 Å². The van der Waals surface area contributed by atoms with E-state index in [0.29, 0.717) is 16.0 Å². The summed E-state index contributed by atoms with van der Waals surface area (Å²) in [6.45, 7) is 0. The van der Waals surface area contributed by atoms with Gasteiger partial charge in [0.05, 0.1) is 11.1 Å². The zero-order valence-electron chi connectivity index (χ0n) is 6.87. The summed E-state index contributed by atoms with van der Waals surface area (Å²) in [5, 5.41) is 0. The van der Waals surface area contributed by atoms with E-state index in [1.807, 2.05) is 0 Å². The number of nitrogens with zero attached hydrogens (tertiary/aromatic N) is 1. The van der Waals surface area contributed by atoms with Crippen LogP contribution in [-0.4, -0.2) is 16.7 Å². The second kappa shape index (κ2) is 3.67. The molecule has 0 unspecified atom stereocenters. The molecule has 0 fully saturated rings. The van der Waals surface area contributed by atoms with Gasteiger partial charge in [0, 0.05) is 0 Å². The van der Waals surface area contributed by atoms with Crippen LogP contribution in [0.5, 0.6) is 0 Å². The fraction of sp³-hybridized carbons (Fsp3) is 0. The van der Waals surface area contributed by atoms with Crippen LogP contribution in [0, 0.1) is 12.5 Å². The molecule has 0 N–H and O–H groups in total. The maximum absolute atomic E-state index is 11.4. The molecule has 0 aliphatic carbocycles. The second-order valence-electron chi connectivity index (χ2n) is 2.60. The zero-order valence-corrected chi connectivity index (χ0v) is 7.82. The Balaban J connectivity index is 0.000000980. The van der Waals surface area contributed by atoms with Crippen LogP contribution in [0.15, 0.2) is 24.3 Å². The van der Waals surface area contributed by atoms with E-state index in [9.17, 15) is 9.59 Å². The molecule has 0 spiro atoms. The molecule has 1 aromatic carbocycles. The third kappa shape index (κ3) is 1.24. The number of imide groups is 1. The standard InChI is InChI=1S/C10H4NO2.Cu/c1-2-11-9(12)7-5-3-4-6-8(7)10(11)13;/h3-6H;/q-1;+1. The van der Waals surface area contributed by atoms with Gasteiger partial charge >= 0.3 is 17.1 Å². The van der Waals surface area contributed by atoms with Crippen LogP contribution < -0.4 is 0 Å². The Morgan fingerprint density at radius 3 is 1.86 bits per heavy atom. The first-order valence-electron chi connectivity index (χ1n) is 3.66. The number of benzene rings is 1. The molecule has 4 heteroatoms. The Morgan fingerprint density at radius 1 is 1.07 bits per heavy atom. The summed E-state index contributed by atoms with van der Waals surface area (Å²) in [6.07, 6.45) is 6.77. The zero-order chi connectivity index (χ0) is 9.42. The van der Waals surface area contributed by atoms with Crippen molar-refractivity contribution in [2.24, 2.45) is 0 Å². The number of carbonyl (C=O) groups excluding carboxylic acids is 2. The summed E-state index contributed by atoms with van der Waals surface area (Å²) in [5.41, 5.74) is 0.680. The first-order valence-corrected chi connectivity index (χ1v) is 3.66. The van der Waals surface area contributed by atoms with Crippen molar-refractivity contribution < 1.29 is 26.7 Å². The second-order valence-corrected chi connectivity index (χ2v) is 2.60. The Kier molecular flexibility index (Phi) is 2.76. The number of hydrogen-bond donors (Lipinski definition) is 0. The number of hydrogen-bond acceptors (Lipinski definition) is 2. The van der Waals surface area contributed by atoms with Crippen molar-refractivity contribution in [1.82, 2.24) is 4.90 Å². The molecule has 0 aromatic heterocycles. The Labute approximate surface area is 91.6 Å². The molecular formula is C10H4CuNO2. The van der Waals surface area contributed by atoms with Crippen molar-refractivity contribution in [2.75, 3.05) is 0 Å². The summed E-state index contributed by atoms with van der Waals surface area (Å²) in [7, 11) is 0. The molecule has 0 saturated carbocycles. The minimum Gasteiger partial charge on any atom is -0.669 e. The predicted molar refractivity (Wildman–Crippen MR) is 44.1 cm³/mol. The van der Waals surface area contributed by atoms with E-state index in [1.165, 1.54) is 0 Å². The maximum atomic E-state index is 11.4. The first kappa shape index (κ1) is 10.5. The Bertz CT molecular complexity index is 413. The van der Waals surface area contributed by atoms with E-state index in [4.69, 9.17) is 6.42 Å². The fourth-order valence-corrected chi connectivity index (χ4v) is 1.29. The van der Waals surface area contributed by atoms with Gasteiger partial charge in [-0.1, -0.05) is 12.1 Å². The fourth-order valence-electron chi connectivity index (χ4n) is 1.29. The number of rotatable bonds is 0. The van der Waals surface area contributed by atoms with E-state index in [0.717, 1.165) is 0 Å². The summed E-state index contributed by atoms with van der Waals surface area (Å²) in [4.78, 5) is 23.4. The molecule has 14 heavy (non-hydrogen) atoms.